The van der Waals surface area contributed by atoms with Crippen LogP contribution in [-0.4, -0.2) is 50.9 Å². The van der Waals surface area contributed by atoms with Gasteiger partial charge in [0.2, 0.25) is 11.9 Å². The predicted molar refractivity (Wildman–Crippen MR) is 103 cm³/mol. The summed E-state index contributed by atoms with van der Waals surface area (Å²) in [5.41, 5.74) is -0.931. The SMILES string of the molecule is CCC[C@H]1CN(c2ncc(Cl)cn2)C(=O)N1CC(=O)Nc1cc(C(F)(F)F)ccn1. The maximum Gasteiger partial charge on any atom is 0.416 e. The molecule has 160 valence electrons. The summed E-state index contributed by atoms with van der Waals surface area (Å²) in [7, 11) is 0. The molecule has 0 unspecified atom stereocenters. The molecule has 8 nitrogen and oxygen atoms in total. The largest absolute Gasteiger partial charge is 0.416 e. The van der Waals surface area contributed by atoms with E-state index in [-0.39, 0.29) is 30.9 Å². The summed E-state index contributed by atoms with van der Waals surface area (Å²) in [5, 5.41) is 2.64. The smallest absolute Gasteiger partial charge is 0.310 e. The second-order valence-corrected chi connectivity index (χ2v) is 7.08. The molecule has 3 amide bonds. The van der Waals surface area contributed by atoms with Crippen molar-refractivity contribution in [3.63, 3.8) is 0 Å². The van der Waals surface area contributed by atoms with Crippen LogP contribution in [-0.2, 0) is 11.0 Å². The van der Waals surface area contributed by atoms with E-state index >= 15 is 0 Å². The van der Waals surface area contributed by atoms with Gasteiger partial charge in [-0.25, -0.2) is 19.7 Å². The lowest BCUT2D eigenvalue weighted by Crippen LogP contribution is -2.41. The molecule has 12 heteroatoms. The quantitative estimate of drug-likeness (QED) is 0.738. The molecule has 1 aliphatic rings. The van der Waals surface area contributed by atoms with Crippen LogP contribution in [0.4, 0.5) is 29.7 Å². The molecule has 0 radical (unpaired) electrons. The number of halogens is 4. The molecule has 0 aromatic carbocycles. The molecule has 3 heterocycles. The van der Waals surface area contributed by atoms with Gasteiger partial charge in [-0.2, -0.15) is 13.2 Å². The van der Waals surface area contributed by atoms with Crippen molar-refractivity contribution in [3.8, 4) is 0 Å². The van der Waals surface area contributed by atoms with Gasteiger partial charge in [-0.05, 0) is 18.6 Å². The number of aromatic nitrogens is 3. The van der Waals surface area contributed by atoms with Gasteiger partial charge < -0.3 is 10.2 Å². The lowest BCUT2D eigenvalue weighted by Gasteiger charge is -2.22. The van der Waals surface area contributed by atoms with Crippen LogP contribution in [0.15, 0.2) is 30.7 Å². The fourth-order valence-corrected chi connectivity index (χ4v) is 3.20. The molecule has 1 saturated heterocycles. The predicted octanol–water partition coefficient (Wildman–Crippen LogP) is 3.59. The number of carbonyl (C=O) groups is 2. The Bertz CT molecular complexity index is 925. The number of alkyl halides is 3. The van der Waals surface area contributed by atoms with E-state index in [1.165, 1.54) is 22.2 Å². The van der Waals surface area contributed by atoms with Gasteiger partial charge in [0.25, 0.3) is 0 Å². The number of rotatable bonds is 6. The number of carbonyl (C=O) groups excluding carboxylic acids is 2. The summed E-state index contributed by atoms with van der Waals surface area (Å²) in [5.74, 6) is -0.741. The van der Waals surface area contributed by atoms with E-state index in [1.54, 1.807) is 0 Å². The third-order valence-electron chi connectivity index (χ3n) is 4.45. The van der Waals surface area contributed by atoms with Crippen LogP contribution in [0.1, 0.15) is 25.3 Å². The van der Waals surface area contributed by atoms with Crippen LogP contribution in [0.25, 0.3) is 0 Å². The highest BCUT2D eigenvalue weighted by Gasteiger charge is 2.39. The lowest BCUT2D eigenvalue weighted by molar-refractivity contribution is -0.137. The Balaban J connectivity index is 1.72. The Morgan fingerprint density at radius 1 is 1.30 bits per heavy atom. The zero-order valence-corrected chi connectivity index (χ0v) is 16.6. The maximum absolute atomic E-state index is 12.8. The van der Waals surface area contributed by atoms with Crippen molar-refractivity contribution in [2.45, 2.75) is 32.0 Å². The minimum Gasteiger partial charge on any atom is -0.310 e. The maximum atomic E-state index is 12.8. The topological polar surface area (TPSA) is 91.3 Å². The zero-order valence-electron chi connectivity index (χ0n) is 15.9. The van der Waals surface area contributed by atoms with Crippen molar-refractivity contribution >= 4 is 35.3 Å². The fourth-order valence-electron chi connectivity index (χ4n) is 3.10. The minimum atomic E-state index is -4.56. The van der Waals surface area contributed by atoms with Crippen molar-refractivity contribution in [1.29, 1.82) is 0 Å². The first-order valence-electron chi connectivity index (χ1n) is 9.07. The Morgan fingerprint density at radius 2 is 2.00 bits per heavy atom. The Morgan fingerprint density at radius 3 is 2.63 bits per heavy atom. The van der Waals surface area contributed by atoms with Gasteiger partial charge in [-0.1, -0.05) is 24.9 Å². The second kappa shape index (κ2) is 8.82. The fraction of sp³-hybridized carbons (Fsp3) is 0.389. The number of nitrogens with zero attached hydrogens (tertiary/aromatic N) is 5. The molecule has 1 aliphatic heterocycles. The van der Waals surface area contributed by atoms with Crippen LogP contribution >= 0.6 is 11.6 Å². The van der Waals surface area contributed by atoms with Gasteiger partial charge >= 0.3 is 12.2 Å². The first-order chi connectivity index (χ1) is 14.2. The Hall–Kier alpha value is -2.95. The monoisotopic (exact) mass is 442 g/mol. The van der Waals surface area contributed by atoms with Gasteiger partial charge in [0.05, 0.1) is 35.6 Å². The molecular formula is C18H18ClF3N6O2. The standard InChI is InChI=1S/C18H18ClF3N6O2/c1-2-3-13-9-28(16-24-7-12(19)8-25-16)17(30)27(13)10-15(29)26-14-6-11(4-5-23-14)18(20,21)22/h4-8,13H,2-3,9-10H2,1H3,(H,23,26,29)/t13-/m0/s1. The van der Waals surface area contributed by atoms with E-state index in [2.05, 4.69) is 20.3 Å². The number of nitrogens with one attached hydrogen (secondary N) is 1. The van der Waals surface area contributed by atoms with Crippen molar-refractivity contribution in [2.75, 3.05) is 23.3 Å². The van der Waals surface area contributed by atoms with Crippen LogP contribution < -0.4 is 10.2 Å². The number of hydrogen-bond donors (Lipinski definition) is 1. The molecule has 1 atom stereocenters. The minimum absolute atomic E-state index is 0.160. The molecule has 0 bridgehead atoms. The Kier molecular flexibility index (Phi) is 6.40. The Labute approximate surface area is 175 Å². The first-order valence-corrected chi connectivity index (χ1v) is 9.45. The first kappa shape index (κ1) is 21.8. The number of urea groups is 1. The summed E-state index contributed by atoms with van der Waals surface area (Å²) in [6, 6.07) is 0.798. The normalized spacial score (nSPS) is 16.8. The molecule has 30 heavy (non-hydrogen) atoms. The molecular weight excluding hydrogens is 425 g/mol. The van der Waals surface area contributed by atoms with Gasteiger partial charge in [-0.3, -0.25) is 9.69 Å². The average Bonchev–Trinajstić information content (AvgIpc) is 2.98. The molecule has 0 aliphatic carbocycles. The highest BCUT2D eigenvalue weighted by Crippen LogP contribution is 2.30. The summed E-state index contributed by atoms with van der Waals surface area (Å²) >= 11 is 5.78. The molecule has 1 fully saturated rings. The molecule has 0 spiro atoms. The number of amides is 3. The molecule has 3 rings (SSSR count). The third-order valence-corrected chi connectivity index (χ3v) is 4.64. The molecule has 2 aromatic heterocycles. The van der Waals surface area contributed by atoms with Crippen molar-refractivity contribution < 1.29 is 22.8 Å². The summed E-state index contributed by atoms with van der Waals surface area (Å²) in [4.78, 5) is 39.8. The van der Waals surface area contributed by atoms with E-state index in [4.69, 9.17) is 11.6 Å². The van der Waals surface area contributed by atoms with Crippen LogP contribution in [0.2, 0.25) is 5.02 Å². The lowest BCUT2D eigenvalue weighted by atomic mass is 10.1. The second-order valence-electron chi connectivity index (χ2n) is 6.64. The van der Waals surface area contributed by atoms with Crippen LogP contribution in [0, 0.1) is 0 Å². The van der Waals surface area contributed by atoms with E-state index in [0.717, 1.165) is 24.8 Å². The number of pyridine rings is 1. The van der Waals surface area contributed by atoms with Crippen LogP contribution in [0.5, 0.6) is 0 Å². The van der Waals surface area contributed by atoms with Gasteiger partial charge in [0.1, 0.15) is 12.4 Å². The molecule has 2 aromatic rings. The molecule has 0 saturated carbocycles. The van der Waals surface area contributed by atoms with E-state index < -0.39 is 23.7 Å². The van der Waals surface area contributed by atoms with E-state index in [9.17, 15) is 22.8 Å². The van der Waals surface area contributed by atoms with Crippen molar-refractivity contribution in [1.82, 2.24) is 19.9 Å². The van der Waals surface area contributed by atoms with Crippen molar-refractivity contribution in [2.24, 2.45) is 0 Å². The van der Waals surface area contributed by atoms with E-state index in [1.807, 2.05) is 6.92 Å². The number of anilines is 2. The highest BCUT2D eigenvalue weighted by atomic mass is 35.5. The average molecular weight is 443 g/mol. The third kappa shape index (κ3) is 4.96. The number of hydrogen-bond acceptors (Lipinski definition) is 5. The van der Waals surface area contributed by atoms with Crippen molar-refractivity contribution in [3.05, 3.63) is 41.3 Å². The van der Waals surface area contributed by atoms with Crippen LogP contribution in [0.3, 0.4) is 0 Å². The summed E-state index contributed by atoms with van der Waals surface area (Å²) in [6.07, 6.45) is 0.518. The molecule has 1 N–H and O–H groups in total. The zero-order chi connectivity index (χ0) is 21.9. The summed E-state index contributed by atoms with van der Waals surface area (Å²) < 4.78 is 38.5. The van der Waals surface area contributed by atoms with Gasteiger partial charge in [-0.15, -0.1) is 0 Å². The van der Waals surface area contributed by atoms with Gasteiger partial charge in [0, 0.05) is 6.20 Å². The highest BCUT2D eigenvalue weighted by molar-refractivity contribution is 6.30. The van der Waals surface area contributed by atoms with E-state index in [0.29, 0.717) is 11.4 Å². The summed E-state index contributed by atoms with van der Waals surface area (Å²) in [6.45, 7) is 1.88. The van der Waals surface area contributed by atoms with Gasteiger partial charge in [0.15, 0.2) is 0 Å².